The van der Waals surface area contributed by atoms with Gasteiger partial charge in [-0.25, -0.2) is 9.97 Å². The monoisotopic (exact) mass is 326 g/mol. The van der Waals surface area contributed by atoms with Gasteiger partial charge in [0.2, 0.25) is 11.8 Å². The Kier molecular flexibility index (Phi) is 3.75. The van der Waals surface area contributed by atoms with Crippen molar-refractivity contribution in [2.45, 2.75) is 26.3 Å². The molecule has 0 radical (unpaired) electrons. The summed E-state index contributed by atoms with van der Waals surface area (Å²) in [4.78, 5) is 23.3. The first-order valence-electron chi connectivity index (χ1n) is 8.51. The van der Waals surface area contributed by atoms with Gasteiger partial charge in [-0.05, 0) is 18.4 Å². The molecular formula is C18H22N4O2. The highest BCUT2D eigenvalue weighted by atomic mass is 16.5. The summed E-state index contributed by atoms with van der Waals surface area (Å²) in [5, 5.41) is 0. The molecule has 1 fully saturated rings. The van der Waals surface area contributed by atoms with Gasteiger partial charge < -0.3 is 14.2 Å². The summed E-state index contributed by atoms with van der Waals surface area (Å²) in [7, 11) is 1.62. The van der Waals surface area contributed by atoms with Crippen LogP contribution in [0.5, 0.6) is 5.88 Å². The zero-order valence-electron chi connectivity index (χ0n) is 14.1. The van der Waals surface area contributed by atoms with E-state index in [1.807, 2.05) is 23.2 Å². The molecule has 2 aliphatic rings. The minimum absolute atomic E-state index is 0.249. The summed E-state index contributed by atoms with van der Waals surface area (Å²) >= 11 is 0. The van der Waals surface area contributed by atoms with Crippen LogP contribution in [0, 0.1) is 11.8 Å². The second-order valence-corrected chi connectivity index (χ2v) is 6.69. The van der Waals surface area contributed by atoms with Crippen LogP contribution in [0.1, 0.15) is 19.2 Å². The average molecular weight is 326 g/mol. The van der Waals surface area contributed by atoms with E-state index in [-0.39, 0.29) is 5.92 Å². The molecule has 0 aromatic carbocycles. The van der Waals surface area contributed by atoms with Crippen molar-refractivity contribution in [1.29, 1.82) is 0 Å². The van der Waals surface area contributed by atoms with E-state index in [1.54, 1.807) is 13.3 Å². The standard InChI is InChI=1S/C18H22N4O2/c1-12-9-14(12)18(23)21-6-4-16-20-11-15(22(16)8-7-21)13-3-5-19-17(10-13)24-2/h3,5,10-12,14H,4,6-9H2,1-2H3. The maximum absolute atomic E-state index is 12.5. The van der Waals surface area contributed by atoms with Crippen molar-refractivity contribution in [3.8, 4) is 17.1 Å². The van der Waals surface area contributed by atoms with Crippen LogP contribution >= 0.6 is 0 Å². The molecule has 4 rings (SSSR count). The lowest BCUT2D eigenvalue weighted by atomic mass is 10.2. The van der Waals surface area contributed by atoms with Crippen molar-refractivity contribution in [2.75, 3.05) is 20.2 Å². The van der Waals surface area contributed by atoms with Gasteiger partial charge in [-0.15, -0.1) is 0 Å². The topological polar surface area (TPSA) is 60.2 Å². The molecule has 126 valence electrons. The fourth-order valence-corrected chi connectivity index (χ4v) is 3.46. The lowest BCUT2D eigenvalue weighted by molar-refractivity contribution is -0.132. The van der Waals surface area contributed by atoms with Crippen molar-refractivity contribution in [1.82, 2.24) is 19.4 Å². The molecule has 24 heavy (non-hydrogen) atoms. The maximum Gasteiger partial charge on any atom is 0.226 e. The molecule has 0 bridgehead atoms. The summed E-state index contributed by atoms with van der Waals surface area (Å²) < 4.78 is 7.44. The number of nitrogens with zero attached hydrogens (tertiary/aromatic N) is 4. The number of hydrogen-bond acceptors (Lipinski definition) is 4. The molecule has 6 heteroatoms. The first kappa shape index (κ1) is 15.2. The molecule has 1 aliphatic heterocycles. The van der Waals surface area contributed by atoms with Crippen LogP contribution in [0.15, 0.2) is 24.5 Å². The van der Waals surface area contributed by atoms with Gasteiger partial charge in [-0.2, -0.15) is 0 Å². The molecule has 0 spiro atoms. The first-order valence-corrected chi connectivity index (χ1v) is 8.51. The smallest absolute Gasteiger partial charge is 0.226 e. The molecule has 1 aliphatic carbocycles. The minimum atomic E-state index is 0.249. The molecule has 6 nitrogen and oxygen atoms in total. The number of pyridine rings is 1. The van der Waals surface area contributed by atoms with Gasteiger partial charge in [-0.1, -0.05) is 6.92 Å². The Morgan fingerprint density at radius 2 is 2.12 bits per heavy atom. The molecule has 0 N–H and O–H groups in total. The van der Waals surface area contributed by atoms with Crippen LogP contribution in [0.3, 0.4) is 0 Å². The van der Waals surface area contributed by atoms with Gasteiger partial charge >= 0.3 is 0 Å². The van der Waals surface area contributed by atoms with Crippen LogP contribution in [-0.2, 0) is 17.8 Å². The van der Waals surface area contributed by atoms with Crippen LogP contribution in [0.4, 0.5) is 0 Å². The number of ether oxygens (including phenoxy) is 1. The third-order valence-corrected chi connectivity index (χ3v) is 5.12. The minimum Gasteiger partial charge on any atom is -0.481 e. The summed E-state index contributed by atoms with van der Waals surface area (Å²) in [6.07, 6.45) is 5.50. The average Bonchev–Trinajstić information content (AvgIpc) is 3.27. The van der Waals surface area contributed by atoms with Crippen molar-refractivity contribution in [3.05, 3.63) is 30.4 Å². The SMILES string of the molecule is COc1cc(-c2cnc3n2CCN(C(=O)C2CC2C)CC3)ccn1. The molecule has 2 aromatic rings. The highest BCUT2D eigenvalue weighted by molar-refractivity contribution is 5.81. The Balaban J connectivity index is 1.56. The largest absolute Gasteiger partial charge is 0.481 e. The van der Waals surface area contributed by atoms with E-state index in [1.165, 1.54) is 0 Å². The lowest BCUT2D eigenvalue weighted by Crippen LogP contribution is -2.35. The zero-order valence-corrected chi connectivity index (χ0v) is 14.1. The number of imidazole rings is 1. The molecule has 2 unspecified atom stereocenters. The van der Waals surface area contributed by atoms with Crippen molar-refractivity contribution in [3.63, 3.8) is 0 Å². The van der Waals surface area contributed by atoms with E-state index in [9.17, 15) is 4.79 Å². The summed E-state index contributed by atoms with van der Waals surface area (Å²) in [5.41, 5.74) is 2.09. The van der Waals surface area contributed by atoms with Crippen LogP contribution in [0.25, 0.3) is 11.3 Å². The van der Waals surface area contributed by atoms with Crippen molar-refractivity contribution in [2.24, 2.45) is 11.8 Å². The fourth-order valence-electron chi connectivity index (χ4n) is 3.46. The Labute approximate surface area is 141 Å². The fraction of sp³-hybridized carbons (Fsp3) is 0.500. The number of fused-ring (bicyclic) bond motifs is 1. The molecule has 3 heterocycles. The third-order valence-electron chi connectivity index (χ3n) is 5.12. The van der Waals surface area contributed by atoms with E-state index in [4.69, 9.17) is 4.74 Å². The number of rotatable bonds is 3. The van der Waals surface area contributed by atoms with Crippen LogP contribution in [-0.4, -0.2) is 45.5 Å². The first-order chi connectivity index (χ1) is 11.7. The molecule has 2 aromatic heterocycles. The van der Waals surface area contributed by atoms with Gasteiger partial charge in [0.25, 0.3) is 0 Å². The quantitative estimate of drug-likeness (QED) is 0.865. The number of amides is 1. The van der Waals surface area contributed by atoms with Crippen molar-refractivity contribution < 1.29 is 9.53 Å². The van der Waals surface area contributed by atoms with Gasteiger partial charge in [0.05, 0.1) is 19.0 Å². The highest BCUT2D eigenvalue weighted by Crippen LogP contribution is 2.39. The number of carbonyl (C=O) groups is 1. The molecule has 0 saturated heterocycles. The second kappa shape index (κ2) is 5.92. The van der Waals surface area contributed by atoms with Crippen LogP contribution < -0.4 is 4.74 Å². The number of hydrogen-bond donors (Lipinski definition) is 0. The summed E-state index contributed by atoms with van der Waals surface area (Å²) in [6.45, 7) is 4.45. The molecule has 2 atom stereocenters. The Morgan fingerprint density at radius 1 is 1.29 bits per heavy atom. The van der Waals surface area contributed by atoms with Gasteiger partial charge in [0, 0.05) is 49.8 Å². The number of methoxy groups -OCH3 is 1. The molecule has 1 amide bonds. The van der Waals surface area contributed by atoms with E-state index < -0.39 is 0 Å². The highest BCUT2D eigenvalue weighted by Gasteiger charge is 2.41. The van der Waals surface area contributed by atoms with Gasteiger partial charge in [0.15, 0.2) is 0 Å². The van der Waals surface area contributed by atoms with Gasteiger partial charge in [-0.3, -0.25) is 4.79 Å². The Bertz CT molecular complexity index is 770. The summed E-state index contributed by atoms with van der Waals surface area (Å²) in [5.74, 6) is 2.76. The Hall–Kier alpha value is -2.37. The van der Waals surface area contributed by atoms with E-state index >= 15 is 0 Å². The van der Waals surface area contributed by atoms with E-state index in [2.05, 4.69) is 21.5 Å². The number of carbonyl (C=O) groups excluding carboxylic acids is 1. The van der Waals surface area contributed by atoms with Crippen molar-refractivity contribution >= 4 is 5.91 Å². The summed E-state index contributed by atoms with van der Waals surface area (Å²) in [6, 6.07) is 3.89. The maximum atomic E-state index is 12.5. The molecule has 1 saturated carbocycles. The predicted octanol–water partition coefficient (Wildman–Crippen LogP) is 1.99. The lowest BCUT2D eigenvalue weighted by Gasteiger charge is -2.20. The van der Waals surface area contributed by atoms with E-state index in [0.29, 0.717) is 17.7 Å². The van der Waals surface area contributed by atoms with Gasteiger partial charge in [0.1, 0.15) is 5.82 Å². The van der Waals surface area contributed by atoms with Crippen LogP contribution in [0.2, 0.25) is 0 Å². The predicted molar refractivity (Wildman–Crippen MR) is 89.6 cm³/mol. The Morgan fingerprint density at radius 3 is 2.88 bits per heavy atom. The van der Waals surface area contributed by atoms with E-state index in [0.717, 1.165) is 49.6 Å². The molecular weight excluding hydrogens is 304 g/mol. The third kappa shape index (κ3) is 2.66. The number of aromatic nitrogens is 3. The normalized spacial score (nSPS) is 22.7. The zero-order chi connectivity index (χ0) is 16.7. The second-order valence-electron chi connectivity index (χ2n) is 6.69.